The summed E-state index contributed by atoms with van der Waals surface area (Å²) in [6.45, 7) is 0.192. The number of aliphatic hydroxyl groups excluding tert-OH is 1. The van der Waals surface area contributed by atoms with Gasteiger partial charge in [-0.05, 0) is 0 Å². The van der Waals surface area contributed by atoms with Gasteiger partial charge in [0.2, 0.25) is 5.91 Å². The Morgan fingerprint density at radius 3 is 3.06 bits per heavy atom. The molecule has 0 saturated carbocycles. The molecular formula is C18H24N7O5P. The summed E-state index contributed by atoms with van der Waals surface area (Å²) < 4.78 is 17.6. The third-order valence-corrected chi connectivity index (χ3v) is 5.31. The van der Waals surface area contributed by atoms with Crippen LogP contribution in [0.3, 0.4) is 0 Å². The average Bonchev–Trinajstić information content (AvgIpc) is 3.36. The van der Waals surface area contributed by atoms with Crippen LogP contribution in [0.2, 0.25) is 0 Å². The minimum atomic E-state index is -0.837. The van der Waals surface area contributed by atoms with Crippen LogP contribution in [-0.2, 0) is 20.5 Å². The number of imidazole rings is 1. The van der Waals surface area contributed by atoms with E-state index in [1.54, 1.807) is 18.3 Å². The largest absolute Gasteiger partial charge is 0.390 e. The molecule has 2 aromatic rings. The molecule has 3 rings (SSSR count). The van der Waals surface area contributed by atoms with Gasteiger partial charge in [-0.15, -0.1) is 0 Å². The van der Waals surface area contributed by atoms with Gasteiger partial charge in [0.15, 0.2) is 8.46 Å². The highest BCUT2D eigenvalue weighted by atomic mass is 31.1. The quantitative estimate of drug-likeness (QED) is 0.305. The van der Waals surface area contributed by atoms with E-state index < -0.39 is 30.2 Å². The third-order valence-electron chi connectivity index (χ3n) is 4.80. The first-order valence-corrected chi connectivity index (χ1v) is 10.6. The molecule has 0 aromatic carbocycles. The molecule has 13 heteroatoms. The number of anilines is 1. The lowest BCUT2D eigenvalue weighted by Gasteiger charge is -2.15. The molecule has 1 amide bonds. The molecule has 3 heterocycles. The van der Waals surface area contributed by atoms with Crippen molar-refractivity contribution in [2.45, 2.75) is 37.3 Å². The van der Waals surface area contributed by atoms with Gasteiger partial charge in [0, 0.05) is 43.0 Å². The molecule has 1 aliphatic rings. The SMILES string of the molecule is Nc1nc(=O)n(C2CC(O)C(CP=O)O2)cc1/C=C/CNC(=O)C(N)Cc1cnc[nH]1. The van der Waals surface area contributed by atoms with Crippen LogP contribution in [0.25, 0.3) is 6.08 Å². The van der Waals surface area contributed by atoms with E-state index in [1.165, 1.54) is 17.1 Å². The average molecular weight is 449 g/mol. The Kier molecular flexibility index (Phi) is 7.64. The van der Waals surface area contributed by atoms with E-state index in [9.17, 15) is 19.3 Å². The summed E-state index contributed by atoms with van der Waals surface area (Å²) in [5.41, 5.74) is 12.3. The predicted molar refractivity (Wildman–Crippen MR) is 112 cm³/mol. The first kappa shape index (κ1) is 22.8. The van der Waals surface area contributed by atoms with Crippen molar-refractivity contribution in [1.82, 2.24) is 24.8 Å². The van der Waals surface area contributed by atoms with Gasteiger partial charge in [-0.1, -0.05) is 12.2 Å². The highest BCUT2D eigenvalue weighted by molar-refractivity contribution is 7.23. The molecule has 1 fully saturated rings. The maximum Gasteiger partial charge on any atom is 0.351 e. The number of aromatic amines is 1. The molecule has 0 bridgehead atoms. The number of hydrogen-bond acceptors (Lipinski definition) is 9. The molecule has 4 atom stereocenters. The number of carbonyl (C=O) groups is 1. The number of nitrogens with zero attached hydrogens (tertiary/aromatic N) is 3. The smallest absolute Gasteiger partial charge is 0.351 e. The molecule has 1 saturated heterocycles. The maximum absolute atomic E-state index is 12.2. The number of carbonyl (C=O) groups excluding carboxylic acids is 1. The number of aliphatic hydroxyl groups is 1. The molecular weight excluding hydrogens is 425 g/mol. The molecule has 4 unspecified atom stereocenters. The van der Waals surface area contributed by atoms with E-state index >= 15 is 0 Å². The van der Waals surface area contributed by atoms with E-state index in [0.29, 0.717) is 12.0 Å². The maximum atomic E-state index is 12.2. The fourth-order valence-electron chi connectivity index (χ4n) is 3.16. The minimum Gasteiger partial charge on any atom is -0.390 e. The molecule has 166 valence electrons. The van der Waals surface area contributed by atoms with Crippen LogP contribution < -0.4 is 22.5 Å². The van der Waals surface area contributed by atoms with Crippen molar-refractivity contribution in [1.29, 1.82) is 0 Å². The number of ether oxygens (including phenoxy) is 1. The number of aromatic nitrogens is 4. The zero-order chi connectivity index (χ0) is 22.4. The highest BCUT2D eigenvalue weighted by Gasteiger charge is 2.35. The Morgan fingerprint density at radius 1 is 1.55 bits per heavy atom. The lowest BCUT2D eigenvalue weighted by atomic mass is 10.1. The summed E-state index contributed by atoms with van der Waals surface area (Å²) in [5, 5.41) is 12.7. The lowest BCUT2D eigenvalue weighted by molar-refractivity contribution is -0.122. The van der Waals surface area contributed by atoms with Crippen LogP contribution >= 0.6 is 8.46 Å². The number of nitrogens with two attached hydrogens (primary N) is 2. The number of nitrogens with one attached hydrogen (secondary N) is 2. The minimum absolute atomic E-state index is 0.0212. The molecule has 2 aromatic heterocycles. The van der Waals surface area contributed by atoms with Gasteiger partial charge < -0.3 is 31.6 Å². The highest BCUT2D eigenvalue weighted by Crippen LogP contribution is 2.29. The second-order valence-corrected chi connectivity index (χ2v) is 7.67. The number of nitrogen functional groups attached to an aromatic ring is 1. The topological polar surface area (TPSA) is 191 Å². The van der Waals surface area contributed by atoms with E-state index in [-0.39, 0.29) is 39.3 Å². The summed E-state index contributed by atoms with van der Waals surface area (Å²) >= 11 is 0. The standard InChI is InChI=1S/C18H24N7O5P/c19-12(4-11-6-21-9-23-11)17(27)22-3-1-2-10-7-25(18(28)24-16(10)20)15-5-13(26)14(30-15)8-31-29/h1-2,6-7,9,12-15,26H,3-5,8,19H2,(H,21,23)(H,22,27)(H2,20,24,28)/b2-1+. The molecule has 1 aliphatic heterocycles. The van der Waals surface area contributed by atoms with Crippen LogP contribution in [0.4, 0.5) is 5.82 Å². The molecule has 31 heavy (non-hydrogen) atoms. The van der Waals surface area contributed by atoms with Crippen LogP contribution in [0.15, 0.2) is 29.6 Å². The van der Waals surface area contributed by atoms with Crippen molar-refractivity contribution in [3.05, 3.63) is 46.5 Å². The number of amides is 1. The molecule has 7 N–H and O–H groups in total. The Balaban J connectivity index is 1.60. The summed E-state index contributed by atoms with van der Waals surface area (Å²) in [5.74, 6) is -0.305. The number of rotatable bonds is 9. The Hall–Kier alpha value is -2.92. The van der Waals surface area contributed by atoms with Crippen molar-refractivity contribution in [3.63, 3.8) is 0 Å². The molecule has 12 nitrogen and oxygen atoms in total. The van der Waals surface area contributed by atoms with Gasteiger partial charge in [-0.2, -0.15) is 4.98 Å². The van der Waals surface area contributed by atoms with Gasteiger partial charge in [-0.3, -0.25) is 13.9 Å². The van der Waals surface area contributed by atoms with Gasteiger partial charge in [0.25, 0.3) is 0 Å². The van der Waals surface area contributed by atoms with Crippen LogP contribution in [0.1, 0.15) is 23.9 Å². The zero-order valence-corrected chi connectivity index (χ0v) is 17.4. The van der Waals surface area contributed by atoms with Crippen molar-refractivity contribution < 1.29 is 19.2 Å². The van der Waals surface area contributed by atoms with Crippen LogP contribution in [0.5, 0.6) is 0 Å². The Bertz CT molecular complexity index is 994. The van der Waals surface area contributed by atoms with Crippen molar-refractivity contribution in [2.24, 2.45) is 5.73 Å². The first-order chi connectivity index (χ1) is 14.9. The van der Waals surface area contributed by atoms with Crippen molar-refractivity contribution >= 4 is 26.3 Å². The van der Waals surface area contributed by atoms with Gasteiger partial charge in [-0.25, -0.2) is 9.78 Å². The van der Waals surface area contributed by atoms with Gasteiger partial charge >= 0.3 is 5.69 Å². The number of H-pyrrole nitrogens is 1. The second-order valence-electron chi connectivity index (χ2n) is 7.05. The van der Waals surface area contributed by atoms with E-state index in [2.05, 4.69) is 20.3 Å². The van der Waals surface area contributed by atoms with Gasteiger partial charge in [0.1, 0.15) is 12.0 Å². The van der Waals surface area contributed by atoms with E-state index in [4.69, 9.17) is 16.2 Å². The lowest BCUT2D eigenvalue weighted by Crippen LogP contribution is -2.42. The summed E-state index contributed by atoms with van der Waals surface area (Å²) in [7, 11) is -0.150. The fourth-order valence-corrected chi connectivity index (χ4v) is 3.63. The van der Waals surface area contributed by atoms with Gasteiger partial charge in [0.05, 0.1) is 30.7 Å². The summed E-state index contributed by atoms with van der Waals surface area (Å²) in [6, 6.07) is -0.727. The Morgan fingerprint density at radius 2 is 2.35 bits per heavy atom. The zero-order valence-electron chi connectivity index (χ0n) is 16.5. The van der Waals surface area contributed by atoms with Crippen molar-refractivity contribution in [3.8, 4) is 0 Å². The van der Waals surface area contributed by atoms with Crippen LogP contribution in [0, 0.1) is 0 Å². The Labute approximate surface area is 178 Å². The molecule has 0 radical (unpaired) electrons. The molecule has 0 aliphatic carbocycles. The normalized spacial score (nSPS) is 22.2. The van der Waals surface area contributed by atoms with E-state index in [0.717, 1.165) is 5.69 Å². The molecule has 0 spiro atoms. The third kappa shape index (κ3) is 5.82. The first-order valence-electron chi connectivity index (χ1n) is 9.57. The van der Waals surface area contributed by atoms with Crippen molar-refractivity contribution in [2.75, 3.05) is 18.4 Å². The predicted octanol–water partition coefficient (Wildman–Crippen LogP) is -0.812. The summed E-state index contributed by atoms with van der Waals surface area (Å²) in [6.07, 6.45) is 6.26. The summed E-state index contributed by atoms with van der Waals surface area (Å²) in [4.78, 5) is 34.9. The van der Waals surface area contributed by atoms with Crippen LogP contribution in [-0.4, -0.2) is 61.5 Å². The second kappa shape index (κ2) is 10.4. The number of hydrogen-bond donors (Lipinski definition) is 5. The fraction of sp³-hybridized carbons (Fsp3) is 0.444. The van der Waals surface area contributed by atoms with E-state index in [1.807, 2.05) is 0 Å². The monoisotopic (exact) mass is 449 g/mol.